The van der Waals surface area contributed by atoms with Crippen molar-refractivity contribution in [2.75, 3.05) is 36.8 Å². The van der Waals surface area contributed by atoms with Gasteiger partial charge in [0.05, 0.1) is 7.11 Å². The zero-order valence-corrected chi connectivity index (χ0v) is 19.0. The summed E-state index contributed by atoms with van der Waals surface area (Å²) in [6.45, 7) is 0.0954. The highest BCUT2D eigenvalue weighted by Crippen LogP contribution is 2.58. The molecule has 11 nitrogen and oxygen atoms in total. The van der Waals surface area contributed by atoms with Crippen molar-refractivity contribution < 1.29 is 28.2 Å². The minimum Gasteiger partial charge on any atom is -0.497 e. The summed E-state index contributed by atoms with van der Waals surface area (Å²) in [6, 6.07) is 7.69. The fraction of sp³-hybridized carbons (Fsp3) is 0.444. The van der Waals surface area contributed by atoms with Crippen LogP contribution >= 0.6 is 19.6 Å². The molecule has 2 saturated heterocycles. The number of nitrogen functional groups attached to an aromatic ring is 1. The molecule has 14 heteroatoms. The predicted octanol–water partition coefficient (Wildman–Crippen LogP) is 1.37. The van der Waals surface area contributed by atoms with Gasteiger partial charge < -0.3 is 25.3 Å². The minimum atomic E-state index is -3.42. The third-order valence-electron chi connectivity index (χ3n) is 5.46. The van der Waals surface area contributed by atoms with Gasteiger partial charge in [-0.05, 0) is 24.3 Å². The Hall–Kier alpha value is -1.86. The van der Waals surface area contributed by atoms with Crippen LogP contribution in [0.3, 0.4) is 0 Å². The topological polar surface area (TPSA) is 133 Å². The van der Waals surface area contributed by atoms with E-state index in [0.717, 1.165) is 10.6 Å². The van der Waals surface area contributed by atoms with E-state index in [4.69, 9.17) is 36.6 Å². The molecule has 3 aliphatic rings. The largest absolute Gasteiger partial charge is 0.497 e. The summed E-state index contributed by atoms with van der Waals surface area (Å²) in [5.41, 5.74) is 6.38. The number of rotatable bonds is 5. The lowest BCUT2D eigenvalue weighted by molar-refractivity contribution is -0.0453. The van der Waals surface area contributed by atoms with E-state index < -0.39 is 32.4 Å². The Morgan fingerprint density at radius 3 is 2.81 bits per heavy atom. The average Bonchev–Trinajstić information content (AvgIpc) is 3.31. The maximum absolute atomic E-state index is 10.1. The first-order valence-corrected chi connectivity index (χ1v) is 12.3. The van der Waals surface area contributed by atoms with E-state index in [1.807, 2.05) is 29.2 Å². The lowest BCUT2D eigenvalue weighted by Crippen LogP contribution is -2.49. The Labute approximate surface area is 190 Å². The van der Waals surface area contributed by atoms with Crippen molar-refractivity contribution in [3.05, 3.63) is 30.6 Å². The maximum Gasteiger partial charge on any atom is 0.488 e. The smallest absolute Gasteiger partial charge is 0.488 e. The molecule has 0 saturated carbocycles. The first-order chi connectivity index (χ1) is 15.4. The van der Waals surface area contributed by atoms with E-state index in [9.17, 15) is 4.89 Å². The molecular formula is C18H22BN5O6PS+. The van der Waals surface area contributed by atoms with Gasteiger partial charge in [0.2, 0.25) is 0 Å². The first kappa shape index (κ1) is 22.0. The number of methoxy groups -OCH3 is 2. The van der Waals surface area contributed by atoms with Crippen LogP contribution in [-0.4, -0.2) is 73.3 Å². The molecule has 2 aromatic rings. The fourth-order valence-electron chi connectivity index (χ4n) is 3.98. The zero-order valence-electron chi connectivity index (χ0n) is 17.3. The Kier molecular flexibility index (Phi) is 5.83. The van der Waals surface area contributed by atoms with Crippen LogP contribution in [0.1, 0.15) is 0 Å². The molecule has 2 fully saturated rings. The lowest BCUT2D eigenvalue weighted by atomic mass is 10.1. The molecule has 0 aliphatic carbocycles. The van der Waals surface area contributed by atoms with Crippen molar-refractivity contribution in [3.8, 4) is 5.75 Å². The predicted molar refractivity (Wildman–Crippen MR) is 120 cm³/mol. The summed E-state index contributed by atoms with van der Waals surface area (Å²) >= 11 is 1.54. The molecule has 5 unspecified atom stereocenters. The monoisotopic (exact) mass is 478 g/mol. The van der Waals surface area contributed by atoms with Crippen LogP contribution in [0.25, 0.3) is 0 Å². The normalized spacial score (nSPS) is 33.5. The number of hydrogen-bond donors (Lipinski definition) is 3. The number of aromatic nitrogens is 2. The van der Waals surface area contributed by atoms with E-state index >= 15 is 0 Å². The van der Waals surface area contributed by atoms with Crippen LogP contribution in [0.4, 0.5) is 17.3 Å². The first-order valence-electron chi connectivity index (χ1n) is 9.78. The molecule has 0 bridgehead atoms. The van der Waals surface area contributed by atoms with Gasteiger partial charge in [-0.25, -0.2) is 14.9 Å². The van der Waals surface area contributed by atoms with E-state index in [0.29, 0.717) is 17.3 Å². The van der Waals surface area contributed by atoms with E-state index in [2.05, 4.69) is 15.3 Å². The molecule has 168 valence electrons. The molecule has 32 heavy (non-hydrogen) atoms. The van der Waals surface area contributed by atoms with Crippen LogP contribution in [-0.2, 0) is 18.5 Å². The lowest BCUT2D eigenvalue weighted by Gasteiger charge is -2.33. The number of fused-ring (bicyclic) bond motifs is 2. The molecule has 6 atom stereocenters. The van der Waals surface area contributed by atoms with Crippen molar-refractivity contribution in [3.63, 3.8) is 0 Å². The molecule has 1 aromatic carbocycles. The Morgan fingerprint density at radius 1 is 1.31 bits per heavy atom. The second-order valence-corrected chi connectivity index (χ2v) is 10.1. The van der Waals surface area contributed by atoms with Gasteiger partial charge in [0.15, 0.2) is 29.5 Å². The summed E-state index contributed by atoms with van der Waals surface area (Å²) < 4.78 is 28.2. The minimum absolute atomic E-state index is 0.0954. The Bertz CT molecular complexity index is 991. The quantitative estimate of drug-likeness (QED) is 0.423. The Balaban J connectivity index is 1.48. The van der Waals surface area contributed by atoms with Gasteiger partial charge in [0.1, 0.15) is 36.6 Å². The number of ether oxygens (including phenoxy) is 3. The molecular weight excluding hydrogens is 456 g/mol. The van der Waals surface area contributed by atoms with Crippen molar-refractivity contribution in [1.29, 1.82) is 0 Å². The van der Waals surface area contributed by atoms with Crippen molar-refractivity contribution in [1.82, 2.24) is 9.97 Å². The van der Waals surface area contributed by atoms with E-state index in [-0.39, 0.29) is 12.1 Å². The van der Waals surface area contributed by atoms with Gasteiger partial charge in [-0.1, -0.05) is 11.8 Å². The molecule has 0 spiro atoms. The molecule has 1 aromatic heterocycles. The second-order valence-electron chi connectivity index (χ2n) is 7.35. The van der Waals surface area contributed by atoms with E-state index in [1.165, 1.54) is 18.1 Å². The number of nitrogens with two attached hydrogens (primary N) is 1. The molecule has 0 amide bonds. The molecule has 4 heterocycles. The van der Waals surface area contributed by atoms with Gasteiger partial charge in [-0.15, -0.1) is 0 Å². The van der Waals surface area contributed by atoms with Crippen LogP contribution in [0, 0.1) is 0 Å². The fourth-order valence-corrected chi connectivity index (χ4v) is 6.07. The van der Waals surface area contributed by atoms with Gasteiger partial charge in [0, 0.05) is 12.0 Å². The highest BCUT2D eigenvalue weighted by Gasteiger charge is 2.59. The summed E-state index contributed by atoms with van der Waals surface area (Å²) in [5, 5.41) is 3.38. The van der Waals surface area contributed by atoms with Crippen molar-refractivity contribution in [2.24, 2.45) is 0 Å². The summed E-state index contributed by atoms with van der Waals surface area (Å²) in [5.74, 6) is 1.67. The van der Waals surface area contributed by atoms with Crippen LogP contribution < -0.4 is 20.7 Å². The number of nitrogens with zero attached hydrogens (tertiary/aromatic N) is 3. The third kappa shape index (κ3) is 3.88. The number of thioether (sulfide) groups is 1. The number of benzene rings is 1. The molecule has 2 radical (unpaired) electrons. The summed E-state index contributed by atoms with van der Waals surface area (Å²) in [6.07, 6.45) is -0.852. The van der Waals surface area contributed by atoms with Crippen molar-refractivity contribution >= 4 is 44.5 Å². The Morgan fingerprint density at radius 2 is 2.09 bits per heavy atom. The highest BCUT2D eigenvalue weighted by atomic mass is 32.2. The molecule has 5 rings (SSSR count). The van der Waals surface area contributed by atoms with E-state index in [1.54, 1.807) is 14.2 Å². The van der Waals surface area contributed by atoms with Gasteiger partial charge in [-0.2, -0.15) is 9.05 Å². The van der Waals surface area contributed by atoms with Gasteiger partial charge in [0.25, 0.3) is 0 Å². The summed E-state index contributed by atoms with van der Waals surface area (Å²) in [4.78, 5) is 21.6. The standard InChI is InChI=1S/C18H22BN5O6PS/c1-26-9-3-5-10(6-4-9)32-18-23-12-15(20)21-8-22-16(12)24(18)17-14(27-2)13-11(29-17)7-28-31(19,25)30-13/h3-6,8,11,13-14,17-18,23,25H,7H2,1-2H3,(H2,20,21,22)/q+1/t11?,13-,14?,17?,18?,31?/m1/s1. The number of hydrogen-bond acceptors (Lipinski definition) is 12. The SMILES string of the molecule is [B][P+]1(O)OCC2OC(N3c4ncnc(N)c4NC3Sc3ccc(OC)cc3)C(OC)[C@@H]2O1. The number of nitrogens with one attached hydrogen (secondary N) is 1. The van der Waals surface area contributed by atoms with Crippen LogP contribution in [0.15, 0.2) is 35.5 Å². The highest BCUT2D eigenvalue weighted by molar-refractivity contribution is 8.00. The van der Waals surface area contributed by atoms with Gasteiger partial charge in [-0.3, -0.25) is 4.90 Å². The average molecular weight is 478 g/mol. The van der Waals surface area contributed by atoms with Crippen LogP contribution in [0.5, 0.6) is 5.75 Å². The number of anilines is 3. The van der Waals surface area contributed by atoms with Gasteiger partial charge >= 0.3 is 15.4 Å². The summed E-state index contributed by atoms with van der Waals surface area (Å²) in [7, 11) is 5.49. The maximum atomic E-state index is 10.1. The third-order valence-corrected chi connectivity index (χ3v) is 7.63. The second kappa shape index (κ2) is 8.49. The molecule has 4 N–H and O–H groups in total. The molecule has 3 aliphatic heterocycles. The van der Waals surface area contributed by atoms with Crippen molar-refractivity contribution in [2.45, 2.75) is 34.9 Å². The zero-order chi connectivity index (χ0) is 22.5. The van der Waals surface area contributed by atoms with Crippen LogP contribution in [0.2, 0.25) is 0 Å².